The van der Waals surface area contributed by atoms with Crippen LogP contribution in [0.25, 0.3) is 0 Å². The Kier molecular flexibility index (Phi) is 4.57. The van der Waals surface area contributed by atoms with Crippen LogP contribution in [0.4, 0.5) is 13.2 Å². The van der Waals surface area contributed by atoms with Crippen molar-refractivity contribution in [2.24, 2.45) is 0 Å². The predicted molar refractivity (Wildman–Crippen MR) is 62.1 cm³/mol. The Labute approximate surface area is 100 Å². The SMILES string of the molecule is CCC(C)(CC)NCc1cc(F)c(F)c(F)c1. The summed E-state index contributed by atoms with van der Waals surface area (Å²) in [5.41, 5.74) is 0.343. The molecule has 0 aliphatic carbocycles. The van der Waals surface area contributed by atoms with Gasteiger partial charge in [-0.1, -0.05) is 13.8 Å². The molecule has 4 heteroatoms. The lowest BCUT2D eigenvalue weighted by molar-refractivity contribution is 0.328. The predicted octanol–water partition coefficient (Wildman–Crippen LogP) is 3.77. The Morgan fingerprint density at radius 3 is 1.94 bits per heavy atom. The molecule has 1 aromatic rings. The fraction of sp³-hybridized carbons (Fsp3) is 0.538. The second kappa shape index (κ2) is 5.54. The van der Waals surface area contributed by atoms with Crippen LogP contribution in [-0.4, -0.2) is 5.54 Å². The molecule has 17 heavy (non-hydrogen) atoms. The lowest BCUT2D eigenvalue weighted by atomic mass is 9.95. The van der Waals surface area contributed by atoms with Crippen LogP contribution in [-0.2, 0) is 6.54 Å². The van der Waals surface area contributed by atoms with E-state index in [-0.39, 0.29) is 5.54 Å². The molecule has 0 unspecified atom stereocenters. The fourth-order valence-corrected chi connectivity index (χ4v) is 1.53. The van der Waals surface area contributed by atoms with Gasteiger partial charge in [-0.2, -0.15) is 0 Å². The highest BCUT2D eigenvalue weighted by molar-refractivity contribution is 5.19. The van der Waals surface area contributed by atoms with E-state index in [0.717, 1.165) is 25.0 Å². The summed E-state index contributed by atoms with van der Waals surface area (Å²) >= 11 is 0. The molecule has 96 valence electrons. The summed E-state index contributed by atoms with van der Waals surface area (Å²) in [6, 6.07) is 2.05. The highest BCUT2D eigenvalue weighted by Gasteiger charge is 2.19. The summed E-state index contributed by atoms with van der Waals surface area (Å²) in [4.78, 5) is 0. The van der Waals surface area contributed by atoms with E-state index < -0.39 is 17.5 Å². The Morgan fingerprint density at radius 1 is 1.06 bits per heavy atom. The molecular formula is C13H18F3N. The number of nitrogens with one attached hydrogen (secondary N) is 1. The molecule has 1 N–H and O–H groups in total. The summed E-state index contributed by atoms with van der Waals surface area (Å²) in [5, 5.41) is 3.23. The van der Waals surface area contributed by atoms with Gasteiger partial charge in [0.15, 0.2) is 17.5 Å². The molecule has 0 fully saturated rings. The van der Waals surface area contributed by atoms with Crippen LogP contribution in [0.15, 0.2) is 12.1 Å². The Bertz CT molecular complexity index is 363. The largest absolute Gasteiger partial charge is 0.307 e. The minimum Gasteiger partial charge on any atom is -0.307 e. The van der Waals surface area contributed by atoms with E-state index in [1.54, 1.807) is 0 Å². The van der Waals surface area contributed by atoms with Crippen LogP contribution in [0.3, 0.4) is 0 Å². The molecule has 0 heterocycles. The van der Waals surface area contributed by atoms with Crippen molar-refractivity contribution in [2.75, 3.05) is 0 Å². The summed E-state index contributed by atoms with van der Waals surface area (Å²) in [6.45, 7) is 6.46. The molecule has 1 nitrogen and oxygen atoms in total. The van der Waals surface area contributed by atoms with Crippen molar-refractivity contribution in [2.45, 2.75) is 45.7 Å². The van der Waals surface area contributed by atoms with Gasteiger partial charge < -0.3 is 5.32 Å². The van der Waals surface area contributed by atoms with Crippen LogP contribution < -0.4 is 5.32 Å². The zero-order valence-corrected chi connectivity index (χ0v) is 10.4. The molecular weight excluding hydrogens is 227 g/mol. The van der Waals surface area contributed by atoms with Gasteiger partial charge >= 0.3 is 0 Å². The van der Waals surface area contributed by atoms with Crippen molar-refractivity contribution in [1.82, 2.24) is 5.32 Å². The minimum atomic E-state index is -1.41. The van der Waals surface area contributed by atoms with Crippen molar-refractivity contribution in [1.29, 1.82) is 0 Å². The van der Waals surface area contributed by atoms with Crippen molar-refractivity contribution < 1.29 is 13.2 Å². The van der Waals surface area contributed by atoms with Gasteiger partial charge in [0.05, 0.1) is 0 Å². The molecule has 0 atom stereocenters. The van der Waals surface area contributed by atoms with Gasteiger partial charge in [0.25, 0.3) is 0 Å². The van der Waals surface area contributed by atoms with Crippen LogP contribution in [0.2, 0.25) is 0 Å². The molecule has 0 amide bonds. The zero-order valence-electron chi connectivity index (χ0n) is 10.4. The van der Waals surface area contributed by atoms with E-state index in [2.05, 4.69) is 5.32 Å². The summed E-state index contributed by atoms with van der Waals surface area (Å²) in [6.07, 6.45) is 1.82. The lowest BCUT2D eigenvalue weighted by Crippen LogP contribution is -2.40. The molecule has 0 radical (unpaired) electrons. The number of halogens is 3. The topological polar surface area (TPSA) is 12.0 Å². The first-order chi connectivity index (χ1) is 7.91. The van der Waals surface area contributed by atoms with Gasteiger partial charge in [-0.3, -0.25) is 0 Å². The van der Waals surface area contributed by atoms with Gasteiger partial charge in [-0.05, 0) is 37.5 Å². The second-order valence-corrected chi connectivity index (χ2v) is 4.49. The van der Waals surface area contributed by atoms with Crippen molar-refractivity contribution >= 4 is 0 Å². The van der Waals surface area contributed by atoms with Gasteiger partial charge in [0, 0.05) is 12.1 Å². The van der Waals surface area contributed by atoms with Crippen LogP contribution in [0.1, 0.15) is 39.2 Å². The molecule has 0 aliphatic rings. The van der Waals surface area contributed by atoms with Gasteiger partial charge in [0.2, 0.25) is 0 Å². The van der Waals surface area contributed by atoms with Crippen molar-refractivity contribution in [3.63, 3.8) is 0 Å². The van der Waals surface area contributed by atoms with E-state index in [4.69, 9.17) is 0 Å². The zero-order chi connectivity index (χ0) is 13.1. The van der Waals surface area contributed by atoms with E-state index in [0.29, 0.717) is 12.1 Å². The third-order valence-corrected chi connectivity index (χ3v) is 3.32. The third-order valence-electron chi connectivity index (χ3n) is 3.32. The normalized spacial score (nSPS) is 11.9. The number of hydrogen-bond donors (Lipinski definition) is 1. The molecule has 0 spiro atoms. The maximum absolute atomic E-state index is 13.0. The average molecular weight is 245 g/mol. The summed E-state index contributed by atoms with van der Waals surface area (Å²) in [5.74, 6) is -3.70. The monoisotopic (exact) mass is 245 g/mol. The summed E-state index contributed by atoms with van der Waals surface area (Å²) < 4.78 is 38.7. The van der Waals surface area contributed by atoms with E-state index in [1.807, 2.05) is 20.8 Å². The van der Waals surface area contributed by atoms with E-state index in [9.17, 15) is 13.2 Å². The smallest absolute Gasteiger partial charge is 0.194 e. The minimum absolute atomic E-state index is 0.0681. The fourth-order valence-electron chi connectivity index (χ4n) is 1.53. The molecule has 0 aliphatic heterocycles. The molecule has 0 saturated heterocycles. The van der Waals surface area contributed by atoms with Crippen molar-refractivity contribution in [3.8, 4) is 0 Å². The first kappa shape index (κ1) is 14.0. The average Bonchev–Trinajstić information content (AvgIpc) is 2.32. The van der Waals surface area contributed by atoms with E-state index >= 15 is 0 Å². The highest BCUT2D eigenvalue weighted by Crippen LogP contribution is 2.17. The van der Waals surface area contributed by atoms with Gasteiger partial charge in [-0.25, -0.2) is 13.2 Å². The number of hydrogen-bond acceptors (Lipinski definition) is 1. The lowest BCUT2D eigenvalue weighted by Gasteiger charge is -2.28. The standard InChI is InChI=1S/C13H18F3N/c1-4-13(3,5-2)17-8-9-6-10(14)12(16)11(15)7-9/h6-7,17H,4-5,8H2,1-3H3. The Hall–Kier alpha value is -1.03. The molecule has 1 rings (SSSR count). The molecule has 0 aromatic heterocycles. The van der Waals surface area contributed by atoms with Gasteiger partial charge in [0.1, 0.15) is 0 Å². The first-order valence-electron chi connectivity index (χ1n) is 5.80. The third kappa shape index (κ3) is 3.46. The van der Waals surface area contributed by atoms with Crippen LogP contribution in [0.5, 0.6) is 0 Å². The molecule has 0 bridgehead atoms. The Balaban J connectivity index is 2.76. The number of benzene rings is 1. The Morgan fingerprint density at radius 2 is 1.53 bits per heavy atom. The van der Waals surface area contributed by atoms with Crippen LogP contribution in [0, 0.1) is 17.5 Å². The first-order valence-corrected chi connectivity index (χ1v) is 5.80. The maximum atomic E-state index is 13.0. The molecule has 1 aromatic carbocycles. The van der Waals surface area contributed by atoms with E-state index in [1.165, 1.54) is 0 Å². The number of rotatable bonds is 5. The van der Waals surface area contributed by atoms with Crippen molar-refractivity contribution in [3.05, 3.63) is 35.1 Å². The highest BCUT2D eigenvalue weighted by atomic mass is 19.2. The second-order valence-electron chi connectivity index (χ2n) is 4.49. The van der Waals surface area contributed by atoms with Crippen LogP contribution >= 0.6 is 0 Å². The quantitative estimate of drug-likeness (QED) is 0.778. The molecule has 0 saturated carbocycles. The summed E-state index contributed by atoms with van der Waals surface area (Å²) in [7, 11) is 0. The maximum Gasteiger partial charge on any atom is 0.194 e. The van der Waals surface area contributed by atoms with Gasteiger partial charge in [-0.15, -0.1) is 0 Å².